The molecule has 0 spiro atoms. The SMILES string of the molecule is CCc1[nH]nc(NC=O)c1CC. The summed E-state index contributed by atoms with van der Waals surface area (Å²) in [5.41, 5.74) is 2.20. The molecule has 4 nitrogen and oxygen atoms in total. The summed E-state index contributed by atoms with van der Waals surface area (Å²) in [5, 5.41) is 9.43. The van der Waals surface area contributed by atoms with Gasteiger partial charge in [0.2, 0.25) is 6.41 Å². The number of nitrogens with one attached hydrogen (secondary N) is 2. The predicted molar refractivity (Wildman–Crippen MR) is 47.0 cm³/mol. The summed E-state index contributed by atoms with van der Waals surface area (Å²) in [6.45, 7) is 4.09. The van der Waals surface area contributed by atoms with Crippen LogP contribution in [0, 0.1) is 0 Å². The van der Waals surface area contributed by atoms with Gasteiger partial charge in [0.25, 0.3) is 0 Å². The summed E-state index contributed by atoms with van der Waals surface area (Å²) >= 11 is 0. The Morgan fingerprint density at radius 2 is 2.25 bits per heavy atom. The highest BCUT2D eigenvalue weighted by Gasteiger charge is 2.08. The molecule has 0 bridgehead atoms. The molecule has 1 rings (SSSR count). The molecule has 0 fully saturated rings. The molecule has 0 radical (unpaired) electrons. The van der Waals surface area contributed by atoms with Gasteiger partial charge in [-0.25, -0.2) is 0 Å². The second kappa shape index (κ2) is 3.90. The highest BCUT2D eigenvalue weighted by Crippen LogP contribution is 2.16. The maximum atomic E-state index is 10.2. The fourth-order valence-electron chi connectivity index (χ4n) is 1.25. The van der Waals surface area contributed by atoms with E-state index in [-0.39, 0.29) is 0 Å². The van der Waals surface area contributed by atoms with Crippen LogP contribution in [0.5, 0.6) is 0 Å². The largest absolute Gasteiger partial charge is 0.312 e. The first-order valence-corrected chi connectivity index (χ1v) is 4.09. The van der Waals surface area contributed by atoms with Crippen LogP contribution in [0.1, 0.15) is 25.1 Å². The number of aromatic amines is 1. The monoisotopic (exact) mass is 167 g/mol. The van der Waals surface area contributed by atoms with Crippen LogP contribution in [0.15, 0.2) is 0 Å². The van der Waals surface area contributed by atoms with E-state index in [9.17, 15) is 4.79 Å². The fourth-order valence-corrected chi connectivity index (χ4v) is 1.25. The molecular weight excluding hydrogens is 154 g/mol. The van der Waals surface area contributed by atoms with Gasteiger partial charge in [-0.15, -0.1) is 0 Å². The average molecular weight is 167 g/mol. The molecular formula is C8H13N3O. The zero-order valence-electron chi connectivity index (χ0n) is 7.35. The predicted octanol–water partition coefficient (Wildman–Crippen LogP) is 1.10. The lowest BCUT2D eigenvalue weighted by atomic mass is 10.1. The van der Waals surface area contributed by atoms with Crippen LogP contribution < -0.4 is 5.32 Å². The number of carbonyl (C=O) groups is 1. The Kier molecular flexibility index (Phi) is 2.85. The Balaban J connectivity index is 2.95. The van der Waals surface area contributed by atoms with E-state index < -0.39 is 0 Å². The molecule has 66 valence electrons. The molecule has 0 unspecified atom stereocenters. The zero-order chi connectivity index (χ0) is 8.97. The van der Waals surface area contributed by atoms with E-state index in [0.717, 1.165) is 24.1 Å². The topological polar surface area (TPSA) is 57.8 Å². The highest BCUT2D eigenvalue weighted by molar-refractivity contribution is 5.71. The van der Waals surface area contributed by atoms with Crippen molar-refractivity contribution in [3.05, 3.63) is 11.3 Å². The van der Waals surface area contributed by atoms with Crippen molar-refractivity contribution in [2.24, 2.45) is 0 Å². The molecule has 0 saturated heterocycles. The van der Waals surface area contributed by atoms with Crippen molar-refractivity contribution in [1.29, 1.82) is 0 Å². The van der Waals surface area contributed by atoms with Crippen molar-refractivity contribution in [3.8, 4) is 0 Å². The van der Waals surface area contributed by atoms with Crippen LogP contribution in [0.3, 0.4) is 0 Å². The number of anilines is 1. The van der Waals surface area contributed by atoms with Gasteiger partial charge in [0.1, 0.15) is 0 Å². The first-order chi connectivity index (χ1) is 5.83. The van der Waals surface area contributed by atoms with Gasteiger partial charge in [0.05, 0.1) is 0 Å². The van der Waals surface area contributed by atoms with E-state index in [0.29, 0.717) is 12.2 Å². The standard InChI is InChI=1S/C8H13N3O/c1-3-6-7(4-2)10-11-8(6)9-5-12/h5H,3-4H2,1-2H3,(H2,9,10,11,12). The summed E-state index contributed by atoms with van der Waals surface area (Å²) in [4.78, 5) is 10.2. The first kappa shape index (κ1) is 8.77. The van der Waals surface area contributed by atoms with Crippen LogP contribution in [-0.2, 0) is 17.6 Å². The maximum absolute atomic E-state index is 10.2. The van der Waals surface area contributed by atoms with E-state index in [4.69, 9.17) is 0 Å². The quantitative estimate of drug-likeness (QED) is 0.660. The Morgan fingerprint density at radius 1 is 1.50 bits per heavy atom. The van der Waals surface area contributed by atoms with Crippen LogP contribution in [-0.4, -0.2) is 16.6 Å². The molecule has 1 heterocycles. The van der Waals surface area contributed by atoms with Crippen LogP contribution in [0.4, 0.5) is 5.82 Å². The van der Waals surface area contributed by atoms with Gasteiger partial charge in [0.15, 0.2) is 5.82 Å². The molecule has 12 heavy (non-hydrogen) atoms. The number of amides is 1. The molecule has 0 saturated carbocycles. The molecule has 2 N–H and O–H groups in total. The third-order valence-corrected chi connectivity index (χ3v) is 1.86. The normalized spacial score (nSPS) is 9.83. The minimum Gasteiger partial charge on any atom is -0.312 e. The Morgan fingerprint density at radius 3 is 2.75 bits per heavy atom. The number of carbonyl (C=O) groups excluding carboxylic acids is 1. The average Bonchev–Trinajstić information content (AvgIpc) is 2.47. The van der Waals surface area contributed by atoms with Gasteiger partial charge >= 0.3 is 0 Å². The summed E-state index contributed by atoms with van der Waals surface area (Å²) < 4.78 is 0. The number of aromatic nitrogens is 2. The Labute approximate surface area is 71.4 Å². The van der Waals surface area contributed by atoms with E-state index >= 15 is 0 Å². The number of rotatable bonds is 4. The summed E-state index contributed by atoms with van der Waals surface area (Å²) in [5.74, 6) is 0.657. The maximum Gasteiger partial charge on any atom is 0.212 e. The number of hydrogen-bond donors (Lipinski definition) is 2. The number of H-pyrrole nitrogens is 1. The fraction of sp³-hybridized carbons (Fsp3) is 0.500. The summed E-state index contributed by atoms with van der Waals surface area (Å²) in [7, 11) is 0. The Hall–Kier alpha value is -1.32. The smallest absolute Gasteiger partial charge is 0.212 e. The summed E-state index contributed by atoms with van der Waals surface area (Å²) in [6, 6.07) is 0. The molecule has 0 aliphatic carbocycles. The van der Waals surface area contributed by atoms with Crippen molar-refractivity contribution in [2.45, 2.75) is 26.7 Å². The van der Waals surface area contributed by atoms with Crippen LogP contribution in [0.25, 0.3) is 0 Å². The molecule has 1 amide bonds. The number of hydrogen-bond acceptors (Lipinski definition) is 2. The molecule has 1 aromatic heterocycles. The zero-order valence-corrected chi connectivity index (χ0v) is 7.35. The van der Waals surface area contributed by atoms with Gasteiger partial charge in [-0.1, -0.05) is 13.8 Å². The minimum absolute atomic E-state index is 0.648. The van der Waals surface area contributed by atoms with Crippen molar-refractivity contribution in [1.82, 2.24) is 10.2 Å². The van der Waals surface area contributed by atoms with E-state index in [1.807, 2.05) is 6.92 Å². The third-order valence-electron chi connectivity index (χ3n) is 1.86. The second-order valence-corrected chi connectivity index (χ2v) is 2.50. The van der Waals surface area contributed by atoms with E-state index in [1.54, 1.807) is 0 Å². The van der Waals surface area contributed by atoms with Gasteiger partial charge < -0.3 is 5.32 Å². The van der Waals surface area contributed by atoms with Gasteiger partial charge in [0, 0.05) is 11.3 Å². The number of nitrogens with zero attached hydrogens (tertiary/aromatic N) is 1. The molecule has 1 aromatic rings. The third kappa shape index (κ3) is 1.47. The lowest BCUT2D eigenvalue weighted by Crippen LogP contribution is -1.97. The van der Waals surface area contributed by atoms with Crippen molar-refractivity contribution in [2.75, 3.05) is 5.32 Å². The van der Waals surface area contributed by atoms with Gasteiger partial charge in [-0.2, -0.15) is 5.10 Å². The molecule has 4 heteroatoms. The highest BCUT2D eigenvalue weighted by atomic mass is 16.1. The number of aryl methyl sites for hydroxylation is 1. The minimum atomic E-state index is 0.648. The lowest BCUT2D eigenvalue weighted by Gasteiger charge is -1.98. The Bertz CT molecular complexity index is 267. The van der Waals surface area contributed by atoms with Crippen molar-refractivity contribution < 1.29 is 4.79 Å². The van der Waals surface area contributed by atoms with Crippen LogP contribution in [0.2, 0.25) is 0 Å². The molecule has 0 aromatic carbocycles. The van der Waals surface area contributed by atoms with E-state index in [2.05, 4.69) is 22.4 Å². The van der Waals surface area contributed by atoms with E-state index in [1.165, 1.54) is 0 Å². The van der Waals surface area contributed by atoms with Crippen molar-refractivity contribution in [3.63, 3.8) is 0 Å². The summed E-state index contributed by atoms with van der Waals surface area (Å²) in [6.07, 6.45) is 2.45. The van der Waals surface area contributed by atoms with Gasteiger partial charge in [-0.3, -0.25) is 9.89 Å². The van der Waals surface area contributed by atoms with Gasteiger partial charge in [-0.05, 0) is 12.8 Å². The molecule has 0 aliphatic rings. The molecule has 0 aliphatic heterocycles. The van der Waals surface area contributed by atoms with Crippen LogP contribution >= 0.6 is 0 Å². The molecule has 0 atom stereocenters. The first-order valence-electron chi connectivity index (χ1n) is 4.09. The van der Waals surface area contributed by atoms with Crippen molar-refractivity contribution >= 4 is 12.2 Å². The second-order valence-electron chi connectivity index (χ2n) is 2.50. The lowest BCUT2D eigenvalue weighted by molar-refractivity contribution is -0.105.